The molecule has 0 radical (unpaired) electrons. The second kappa shape index (κ2) is 6.93. The lowest BCUT2D eigenvalue weighted by Crippen LogP contribution is -2.45. The van der Waals surface area contributed by atoms with Gasteiger partial charge in [0.25, 0.3) is 0 Å². The van der Waals surface area contributed by atoms with Crippen LogP contribution in [0.5, 0.6) is 0 Å². The van der Waals surface area contributed by atoms with Gasteiger partial charge in [0.05, 0.1) is 5.56 Å². The number of hydrogen-bond acceptors (Lipinski definition) is 3. The maximum atomic E-state index is 12.9. The molecule has 9 heteroatoms. The van der Waals surface area contributed by atoms with Crippen LogP contribution < -0.4 is 10.2 Å². The largest absolute Gasteiger partial charge is 0.416 e. The number of pyridine rings is 1. The normalized spacial score (nSPS) is 31.0. The van der Waals surface area contributed by atoms with Gasteiger partial charge in [-0.2, -0.15) is 13.2 Å². The van der Waals surface area contributed by atoms with Crippen molar-refractivity contribution < 1.29 is 18.0 Å². The van der Waals surface area contributed by atoms with Crippen molar-refractivity contribution in [3.05, 3.63) is 23.9 Å². The van der Waals surface area contributed by atoms with Gasteiger partial charge in [-0.25, -0.2) is 4.98 Å². The van der Waals surface area contributed by atoms with E-state index >= 15 is 0 Å². The number of rotatable bonds is 1. The van der Waals surface area contributed by atoms with Crippen molar-refractivity contribution in [2.45, 2.75) is 50.4 Å². The van der Waals surface area contributed by atoms with E-state index in [1.165, 1.54) is 4.90 Å². The number of piperidine rings is 1. The third-order valence-electron chi connectivity index (χ3n) is 5.36. The van der Waals surface area contributed by atoms with Crippen LogP contribution in [0.2, 0.25) is 0 Å². The summed E-state index contributed by atoms with van der Waals surface area (Å²) in [5.41, 5.74) is -0.869. The molecule has 0 saturated carbocycles. The highest BCUT2D eigenvalue weighted by Gasteiger charge is 2.50. The Morgan fingerprint density at radius 2 is 1.84 bits per heavy atom. The van der Waals surface area contributed by atoms with Crippen LogP contribution in [0.15, 0.2) is 18.3 Å². The highest BCUT2D eigenvalue weighted by atomic mass is 35.5. The SMILES string of the molecule is Cl.Cl.O=C1CC2(CC3CCC(C2)N3)CN1c1cc(C(F)(F)F)ccn1. The number of anilines is 1. The number of alkyl halides is 3. The number of nitrogens with zero attached hydrogens (tertiary/aromatic N) is 2. The molecule has 0 aliphatic carbocycles. The standard InChI is InChI=1S/C16H18F3N3O.2ClH/c17-16(18,19)10-3-4-20-13(5-10)22-9-15(8-14(22)23)6-11-1-2-12(7-15)21-11;;/h3-5,11-12,21H,1-2,6-9H2;2*1H. The Hall–Kier alpha value is -1.05. The molecular formula is C16H20Cl2F3N3O. The zero-order valence-corrected chi connectivity index (χ0v) is 15.0. The smallest absolute Gasteiger partial charge is 0.311 e. The van der Waals surface area contributed by atoms with Crippen LogP contribution in [-0.4, -0.2) is 29.5 Å². The lowest BCUT2D eigenvalue weighted by Gasteiger charge is -2.37. The van der Waals surface area contributed by atoms with Crippen molar-refractivity contribution in [1.82, 2.24) is 10.3 Å². The quantitative estimate of drug-likeness (QED) is 0.787. The fourth-order valence-corrected chi connectivity index (χ4v) is 4.47. The zero-order valence-electron chi connectivity index (χ0n) is 13.4. The fraction of sp³-hybridized carbons (Fsp3) is 0.625. The first-order valence-corrected chi connectivity index (χ1v) is 7.94. The second-order valence-electron chi connectivity index (χ2n) is 7.10. The Balaban J connectivity index is 0.00000113. The van der Waals surface area contributed by atoms with Crippen LogP contribution in [-0.2, 0) is 11.0 Å². The van der Waals surface area contributed by atoms with Crippen LogP contribution in [0.3, 0.4) is 0 Å². The summed E-state index contributed by atoms with van der Waals surface area (Å²) in [7, 11) is 0. The van der Waals surface area contributed by atoms with Crippen LogP contribution >= 0.6 is 24.8 Å². The minimum atomic E-state index is -4.42. The third kappa shape index (κ3) is 3.73. The van der Waals surface area contributed by atoms with E-state index in [-0.39, 0.29) is 42.0 Å². The van der Waals surface area contributed by atoms with Crippen LogP contribution in [0.4, 0.5) is 19.0 Å². The molecule has 2 unspecified atom stereocenters. The van der Waals surface area contributed by atoms with E-state index in [0.29, 0.717) is 25.0 Å². The third-order valence-corrected chi connectivity index (χ3v) is 5.36. The molecule has 0 aromatic carbocycles. The predicted molar refractivity (Wildman–Crippen MR) is 92.3 cm³/mol. The molecule has 2 atom stereocenters. The molecule has 1 spiro atoms. The lowest BCUT2D eigenvalue weighted by atomic mass is 9.75. The number of hydrogen-bond donors (Lipinski definition) is 1. The van der Waals surface area contributed by atoms with Crippen LogP contribution in [0.1, 0.15) is 37.7 Å². The summed E-state index contributed by atoms with van der Waals surface area (Å²) in [5, 5.41) is 3.55. The van der Waals surface area contributed by atoms with Crippen molar-refractivity contribution in [1.29, 1.82) is 0 Å². The van der Waals surface area contributed by atoms with Crippen molar-refractivity contribution in [3.8, 4) is 0 Å². The lowest BCUT2D eigenvalue weighted by molar-refractivity contribution is -0.137. The highest BCUT2D eigenvalue weighted by Crippen LogP contribution is 2.47. The minimum Gasteiger partial charge on any atom is -0.311 e. The first-order chi connectivity index (χ1) is 10.8. The van der Waals surface area contributed by atoms with Gasteiger partial charge < -0.3 is 5.32 Å². The van der Waals surface area contributed by atoms with Gasteiger partial charge in [0, 0.05) is 36.7 Å². The Bertz CT molecular complexity index is 644. The summed E-state index contributed by atoms with van der Waals surface area (Å²) in [6, 6.07) is 2.80. The van der Waals surface area contributed by atoms with Gasteiger partial charge in [-0.05, 0) is 37.8 Å². The Morgan fingerprint density at radius 3 is 2.44 bits per heavy atom. The average molecular weight is 398 g/mol. The number of amides is 1. The number of aromatic nitrogens is 1. The molecule has 3 saturated heterocycles. The molecule has 1 aromatic heterocycles. The molecule has 4 rings (SSSR count). The Labute approximate surface area is 156 Å². The molecule has 25 heavy (non-hydrogen) atoms. The molecule has 4 nitrogen and oxygen atoms in total. The molecule has 3 aliphatic rings. The van der Waals surface area contributed by atoms with Crippen LogP contribution in [0.25, 0.3) is 0 Å². The zero-order chi connectivity index (χ0) is 16.2. The summed E-state index contributed by atoms with van der Waals surface area (Å²) in [5.74, 6) is 0.00528. The molecular weight excluding hydrogens is 378 g/mol. The van der Waals surface area contributed by atoms with E-state index in [1.54, 1.807) is 0 Å². The number of fused-ring (bicyclic) bond motifs is 2. The molecule has 2 bridgehead atoms. The first-order valence-electron chi connectivity index (χ1n) is 7.94. The summed E-state index contributed by atoms with van der Waals surface area (Å²) in [4.78, 5) is 17.9. The monoisotopic (exact) mass is 397 g/mol. The predicted octanol–water partition coefficient (Wildman–Crippen LogP) is 3.58. The molecule has 3 aliphatic heterocycles. The van der Waals surface area contributed by atoms with E-state index < -0.39 is 11.7 Å². The van der Waals surface area contributed by atoms with Crippen molar-refractivity contribution >= 4 is 36.5 Å². The maximum Gasteiger partial charge on any atom is 0.416 e. The van der Waals surface area contributed by atoms with Crippen molar-refractivity contribution in [3.63, 3.8) is 0 Å². The van der Waals surface area contributed by atoms with Crippen molar-refractivity contribution in [2.24, 2.45) is 5.41 Å². The second-order valence-corrected chi connectivity index (χ2v) is 7.10. The minimum absolute atomic E-state index is 0. The van der Waals surface area contributed by atoms with E-state index in [1.807, 2.05) is 0 Å². The van der Waals surface area contributed by atoms with E-state index in [4.69, 9.17) is 0 Å². The summed E-state index contributed by atoms with van der Waals surface area (Å²) in [6.07, 6.45) is 1.22. The summed E-state index contributed by atoms with van der Waals surface area (Å²) < 4.78 is 38.6. The molecule has 1 amide bonds. The van der Waals surface area contributed by atoms with Crippen LogP contribution in [0, 0.1) is 5.41 Å². The number of carbonyl (C=O) groups excluding carboxylic acids is 1. The van der Waals surface area contributed by atoms with Gasteiger partial charge >= 0.3 is 6.18 Å². The fourth-order valence-electron chi connectivity index (χ4n) is 4.47. The van der Waals surface area contributed by atoms with Gasteiger partial charge in [0.15, 0.2) is 0 Å². The van der Waals surface area contributed by atoms with Gasteiger partial charge in [-0.1, -0.05) is 0 Å². The van der Waals surface area contributed by atoms with Crippen molar-refractivity contribution in [2.75, 3.05) is 11.4 Å². The summed E-state index contributed by atoms with van der Waals surface area (Å²) in [6.45, 7) is 0.481. The Kier molecular flexibility index (Phi) is 5.62. The van der Waals surface area contributed by atoms with Gasteiger partial charge in [-0.3, -0.25) is 9.69 Å². The molecule has 140 valence electrons. The molecule has 4 heterocycles. The van der Waals surface area contributed by atoms with E-state index in [9.17, 15) is 18.0 Å². The highest BCUT2D eigenvalue weighted by molar-refractivity contribution is 5.95. The topological polar surface area (TPSA) is 45.2 Å². The van der Waals surface area contributed by atoms with Gasteiger partial charge in [-0.15, -0.1) is 24.8 Å². The van der Waals surface area contributed by atoms with Gasteiger partial charge in [0.1, 0.15) is 5.82 Å². The molecule has 1 N–H and O–H groups in total. The van der Waals surface area contributed by atoms with Gasteiger partial charge in [0.2, 0.25) is 5.91 Å². The maximum absolute atomic E-state index is 12.9. The van der Waals surface area contributed by atoms with E-state index in [0.717, 1.165) is 44.0 Å². The number of nitrogens with one attached hydrogen (secondary N) is 1. The number of carbonyl (C=O) groups is 1. The van der Waals surface area contributed by atoms with E-state index in [2.05, 4.69) is 10.3 Å². The number of halogens is 5. The molecule has 3 fully saturated rings. The average Bonchev–Trinajstić information content (AvgIpc) is 2.98. The molecule has 1 aromatic rings. The Morgan fingerprint density at radius 1 is 1.20 bits per heavy atom. The summed E-state index contributed by atoms with van der Waals surface area (Å²) >= 11 is 0. The first kappa shape index (κ1) is 20.3.